The van der Waals surface area contributed by atoms with Gasteiger partial charge in [-0.1, -0.05) is 0 Å². The second kappa shape index (κ2) is 4.78. The molecule has 1 aromatic rings. The van der Waals surface area contributed by atoms with Crippen LogP contribution in [0.4, 0.5) is 0 Å². The normalized spacial score (nSPS) is 26.5. The van der Waals surface area contributed by atoms with Crippen LogP contribution in [0.2, 0.25) is 0 Å². The lowest BCUT2D eigenvalue weighted by Crippen LogP contribution is -2.26. The Hall–Kier alpha value is -0.870. The van der Waals surface area contributed by atoms with E-state index in [1.54, 1.807) is 0 Å². The number of piperidine rings is 1. The highest BCUT2D eigenvalue weighted by Crippen LogP contribution is 2.30. The molecule has 1 aromatic heterocycles. The average Bonchev–Trinajstić information content (AvgIpc) is 2.99. The Morgan fingerprint density at radius 1 is 1.35 bits per heavy atom. The second-order valence-electron chi connectivity index (χ2n) is 5.17. The van der Waals surface area contributed by atoms with Gasteiger partial charge in [0.1, 0.15) is 0 Å². The molecule has 1 unspecified atom stereocenters. The highest BCUT2D eigenvalue weighted by Gasteiger charge is 2.24. The Labute approximate surface area is 102 Å². The molecule has 4 heteroatoms. The van der Waals surface area contributed by atoms with Gasteiger partial charge in [0.15, 0.2) is 0 Å². The lowest BCUT2D eigenvalue weighted by atomic mass is 9.91. The van der Waals surface area contributed by atoms with Gasteiger partial charge in [0.2, 0.25) is 0 Å². The van der Waals surface area contributed by atoms with E-state index in [0.29, 0.717) is 12.0 Å². The smallest absolute Gasteiger partial charge is 0.0777 e. The molecule has 0 aliphatic carbocycles. The van der Waals surface area contributed by atoms with Crippen molar-refractivity contribution in [2.75, 3.05) is 26.3 Å². The summed E-state index contributed by atoms with van der Waals surface area (Å²) in [7, 11) is 0. The number of nitrogens with zero attached hydrogens (tertiary/aromatic N) is 2. The fourth-order valence-electron chi connectivity index (χ4n) is 3.05. The Kier molecular flexibility index (Phi) is 3.16. The number of rotatable bonds is 2. The SMILES string of the molecule is Cc1c(C2CCNCC2)cnn1C1CCOC1. The van der Waals surface area contributed by atoms with E-state index in [2.05, 4.69) is 28.2 Å². The minimum absolute atomic E-state index is 0.463. The minimum Gasteiger partial charge on any atom is -0.379 e. The molecule has 3 rings (SSSR count). The highest BCUT2D eigenvalue weighted by molar-refractivity contribution is 5.22. The number of ether oxygens (including phenoxy) is 1. The molecule has 3 heterocycles. The summed E-state index contributed by atoms with van der Waals surface area (Å²) in [6.07, 6.45) is 5.68. The lowest BCUT2D eigenvalue weighted by molar-refractivity contribution is 0.184. The first-order valence-corrected chi connectivity index (χ1v) is 6.68. The van der Waals surface area contributed by atoms with E-state index in [1.165, 1.54) is 24.1 Å². The maximum Gasteiger partial charge on any atom is 0.0777 e. The van der Waals surface area contributed by atoms with Crippen LogP contribution in [0.15, 0.2) is 6.20 Å². The molecule has 2 aliphatic rings. The van der Waals surface area contributed by atoms with Gasteiger partial charge in [-0.25, -0.2) is 0 Å². The third-order valence-corrected chi connectivity index (χ3v) is 4.11. The van der Waals surface area contributed by atoms with Gasteiger partial charge in [0.25, 0.3) is 0 Å². The number of nitrogens with one attached hydrogen (secondary N) is 1. The lowest BCUT2D eigenvalue weighted by Gasteiger charge is -2.22. The van der Waals surface area contributed by atoms with Crippen LogP contribution in [-0.2, 0) is 4.74 Å². The Balaban J connectivity index is 1.80. The van der Waals surface area contributed by atoms with Crippen LogP contribution in [0.5, 0.6) is 0 Å². The third kappa shape index (κ3) is 2.11. The Morgan fingerprint density at radius 2 is 2.18 bits per heavy atom. The minimum atomic E-state index is 0.463. The molecule has 0 radical (unpaired) electrons. The zero-order valence-corrected chi connectivity index (χ0v) is 10.5. The van der Waals surface area contributed by atoms with Gasteiger partial charge in [-0.2, -0.15) is 5.10 Å². The van der Waals surface area contributed by atoms with Crippen molar-refractivity contribution >= 4 is 0 Å². The predicted octanol–water partition coefficient (Wildman–Crippen LogP) is 1.62. The van der Waals surface area contributed by atoms with Crippen LogP contribution in [0.1, 0.15) is 42.5 Å². The van der Waals surface area contributed by atoms with E-state index < -0.39 is 0 Å². The van der Waals surface area contributed by atoms with Crippen LogP contribution in [0.3, 0.4) is 0 Å². The fraction of sp³-hybridized carbons (Fsp3) is 0.769. The summed E-state index contributed by atoms with van der Waals surface area (Å²) in [5.74, 6) is 0.701. The molecule has 2 aliphatic heterocycles. The monoisotopic (exact) mass is 235 g/mol. The highest BCUT2D eigenvalue weighted by atomic mass is 16.5. The molecule has 0 aromatic carbocycles. The molecular weight excluding hydrogens is 214 g/mol. The molecule has 0 spiro atoms. The summed E-state index contributed by atoms with van der Waals surface area (Å²) in [5, 5.41) is 8.01. The first-order valence-electron chi connectivity index (χ1n) is 6.68. The predicted molar refractivity (Wildman–Crippen MR) is 66.3 cm³/mol. The van der Waals surface area contributed by atoms with Crippen LogP contribution in [-0.4, -0.2) is 36.1 Å². The van der Waals surface area contributed by atoms with Crippen LogP contribution in [0.25, 0.3) is 0 Å². The summed E-state index contributed by atoms with van der Waals surface area (Å²) in [6.45, 7) is 6.20. The van der Waals surface area contributed by atoms with Gasteiger partial charge in [0, 0.05) is 12.3 Å². The molecular formula is C13H21N3O. The van der Waals surface area contributed by atoms with Crippen LogP contribution in [0, 0.1) is 6.92 Å². The number of hydrogen-bond acceptors (Lipinski definition) is 3. The van der Waals surface area contributed by atoms with Crippen molar-refractivity contribution in [2.45, 2.75) is 38.1 Å². The first kappa shape index (κ1) is 11.2. The van der Waals surface area contributed by atoms with E-state index in [1.807, 2.05) is 0 Å². The molecule has 2 fully saturated rings. The molecule has 0 saturated carbocycles. The van der Waals surface area contributed by atoms with E-state index in [9.17, 15) is 0 Å². The van der Waals surface area contributed by atoms with Crippen molar-refractivity contribution in [1.82, 2.24) is 15.1 Å². The van der Waals surface area contributed by atoms with Crippen molar-refractivity contribution in [3.8, 4) is 0 Å². The van der Waals surface area contributed by atoms with Crippen molar-refractivity contribution < 1.29 is 4.74 Å². The van der Waals surface area contributed by atoms with Gasteiger partial charge in [0.05, 0.1) is 18.8 Å². The topological polar surface area (TPSA) is 39.1 Å². The van der Waals surface area contributed by atoms with E-state index in [4.69, 9.17) is 4.74 Å². The molecule has 4 nitrogen and oxygen atoms in total. The van der Waals surface area contributed by atoms with Crippen LogP contribution < -0.4 is 5.32 Å². The summed E-state index contributed by atoms with van der Waals surface area (Å²) < 4.78 is 7.64. The number of hydrogen-bond donors (Lipinski definition) is 1. The van der Waals surface area contributed by atoms with Crippen molar-refractivity contribution in [2.24, 2.45) is 0 Å². The molecule has 17 heavy (non-hydrogen) atoms. The Bertz CT molecular complexity index is 376. The molecule has 0 amide bonds. The largest absolute Gasteiger partial charge is 0.379 e. The van der Waals surface area contributed by atoms with E-state index in [0.717, 1.165) is 32.7 Å². The van der Waals surface area contributed by atoms with Gasteiger partial charge in [-0.3, -0.25) is 4.68 Å². The first-order chi connectivity index (χ1) is 8.36. The van der Waals surface area contributed by atoms with Crippen molar-refractivity contribution in [3.05, 3.63) is 17.5 Å². The van der Waals surface area contributed by atoms with Crippen LogP contribution >= 0.6 is 0 Å². The van der Waals surface area contributed by atoms with Gasteiger partial charge < -0.3 is 10.1 Å². The zero-order valence-electron chi connectivity index (χ0n) is 10.5. The van der Waals surface area contributed by atoms with Gasteiger partial charge in [-0.15, -0.1) is 0 Å². The quantitative estimate of drug-likeness (QED) is 0.846. The van der Waals surface area contributed by atoms with Crippen molar-refractivity contribution in [3.63, 3.8) is 0 Å². The number of aromatic nitrogens is 2. The zero-order chi connectivity index (χ0) is 11.7. The Morgan fingerprint density at radius 3 is 2.88 bits per heavy atom. The second-order valence-corrected chi connectivity index (χ2v) is 5.17. The molecule has 0 bridgehead atoms. The molecule has 2 saturated heterocycles. The van der Waals surface area contributed by atoms with Crippen molar-refractivity contribution in [1.29, 1.82) is 0 Å². The summed E-state index contributed by atoms with van der Waals surface area (Å²) in [6, 6.07) is 0.463. The van der Waals surface area contributed by atoms with E-state index in [-0.39, 0.29) is 0 Å². The van der Waals surface area contributed by atoms with Gasteiger partial charge in [-0.05, 0) is 50.8 Å². The maximum atomic E-state index is 5.45. The fourth-order valence-corrected chi connectivity index (χ4v) is 3.05. The standard InChI is InChI=1S/C13H21N3O/c1-10-13(11-2-5-14-6-3-11)8-15-16(10)12-4-7-17-9-12/h8,11-12,14H,2-7,9H2,1H3. The van der Waals surface area contributed by atoms with E-state index >= 15 is 0 Å². The summed E-state index contributed by atoms with van der Waals surface area (Å²) in [4.78, 5) is 0. The molecule has 1 atom stereocenters. The molecule has 1 N–H and O–H groups in total. The summed E-state index contributed by atoms with van der Waals surface area (Å²) in [5.41, 5.74) is 2.81. The maximum absolute atomic E-state index is 5.45. The average molecular weight is 235 g/mol. The summed E-state index contributed by atoms with van der Waals surface area (Å²) >= 11 is 0. The van der Waals surface area contributed by atoms with Gasteiger partial charge >= 0.3 is 0 Å². The third-order valence-electron chi connectivity index (χ3n) is 4.11. The molecule has 94 valence electrons.